The van der Waals surface area contributed by atoms with Crippen LogP contribution in [0.2, 0.25) is 0 Å². The highest BCUT2D eigenvalue weighted by molar-refractivity contribution is 5.91. The van der Waals surface area contributed by atoms with E-state index in [1.165, 1.54) is 6.07 Å². The SMILES string of the molecule is Cc1ccccc1C(=O)O.O=C(O)c1ccccc1Oc1ccccc1. The van der Waals surface area contributed by atoms with Gasteiger partial charge < -0.3 is 14.9 Å². The summed E-state index contributed by atoms with van der Waals surface area (Å²) in [6.45, 7) is 1.78. The van der Waals surface area contributed by atoms with Crippen molar-refractivity contribution in [3.8, 4) is 11.5 Å². The van der Waals surface area contributed by atoms with Crippen LogP contribution in [0.5, 0.6) is 11.5 Å². The molecule has 0 saturated carbocycles. The molecule has 3 aromatic carbocycles. The average molecular weight is 350 g/mol. The van der Waals surface area contributed by atoms with Gasteiger partial charge in [0.2, 0.25) is 0 Å². The summed E-state index contributed by atoms with van der Waals surface area (Å²) in [5.41, 5.74) is 1.34. The minimum atomic E-state index is -0.994. The van der Waals surface area contributed by atoms with Gasteiger partial charge in [0.1, 0.15) is 17.1 Å². The van der Waals surface area contributed by atoms with Crippen molar-refractivity contribution in [3.05, 3.63) is 95.6 Å². The van der Waals surface area contributed by atoms with Gasteiger partial charge in [-0.15, -0.1) is 0 Å². The molecule has 0 spiro atoms. The molecule has 132 valence electrons. The third-order valence-corrected chi connectivity index (χ3v) is 3.46. The zero-order chi connectivity index (χ0) is 18.9. The predicted octanol–water partition coefficient (Wildman–Crippen LogP) is 4.87. The second-order valence-electron chi connectivity index (χ2n) is 5.34. The van der Waals surface area contributed by atoms with Gasteiger partial charge in [0, 0.05) is 0 Å². The van der Waals surface area contributed by atoms with Crippen molar-refractivity contribution in [2.24, 2.45) is 0 Å². The monoisotopic (exact) mass is 350 g/mol. The lowest BCUT2D eigenvalue weighted by Gasteiger charge is -2.07. The molecule has 0 atom stereocenters. The highest BCUT2D eigenvalue weighted by atomic mass is 16.5. The van der Waals surface area contributed by atoms with E-state index in [1.54, 1.807) is 55.5 Å². The van der Waals surface area contributed by atoms with Crippen LogP contribution in [0.3, 0.4) is 0 Å². The summed E-state index contributed by atoms with van der Waals surface area (Å²) in [6, 6.07) is 22.6. The third kappa shape index (κ3) is 5.21. The van der Waals surface area contributed by atoms with E-state index in [4.69, 9.17) is 14.9 Å². The third-order valence-electron chi connectivity index (χ3n) is 3.46. The van der Waals surface area contributed by atoms with Crippen molar-refractivity contribution in [2.75, 3.05) is 0 Å². The smallest absolute Gasteiger partial charge is 0.339 e. The second-order valence-corrected chi connectivity index (χ2v) is 5.34. The molecule has 0 heterocycles. The zero-order valence-electron chi connectivity index (χ0n) is 14.1. The molecule has 0 aliphatic rings. The predicted molar refractivity (Wildman–Crippen MR) is 98.1 cm³/mol. The first kappa shape index (κ1) is 18.7. The molecule has 0 radical (unpaired) electrons. The minimum absolute atomic E-state index is 0.159. The quantitative estimate of drug-likeness (QED) is 0.701. The summed E-state index contributed by atoms with van der Waals surface area (Å²) >= 11 is 0. The fourth-order valence-corrected chi connectivity index (χ4v) is 2.16. The number of aryl methyl sites for hydroxylation is 1. The number of ether oxygens (including phenoxy) is 1. The summed E-state index contributed by atoms with van der Waals surface area (Å²) in [5.74, 6) is -0.887. The summed E-state index contributed by atoms with van der Waals surface area (Å²) in [4.78, 5) is 21.4. The zero-order valence-corrected chi connectivity index (χ0v) is 14.1. The largest absolute Gasteiger partial charge is 0.478 e. The fraction of sp³-hybridized carbons (Fsp3) is 0.0476. The Morgan fingerprint density at radius 2 is 1.19 bits per heavy atom. The molecule has 2 N–H and O–H groups in total. The number of hydrogen-bond donors (Lipinski definition) is 2. The van der Waals surface area contributed by atoms with Crippen molar-refractivity contribution in [2.45, 2.75) is 6.92 Å². The van der Waals surface area contributed by atoms with Crippen LogP contribution in [0, 0.1) is 6.92 Å². The van der Waals surface area contributed by atoms with Crippen molar-refractivity contribution >= 4 is 11.9 Å². The van der Waals surface area contributed by atoms with Crippen LogP contribution in [0.15, 0.2) is 78.9 Å². The average Bonchev–Trinajstić information content (AvgIpc) is 2.63. The molecular weight excluding hydrogens is 332 g/mol. The van der Waals surface area contributed by atoms with Gasteiger partial charge in [-0.25, -0.2) is 9.59 Å². The summed E-state index contributed by atoms with van der Waals surface area (Å²) < 4.78 is 5.49. The maximum Gasteiger partial charge on any atom is 0.339 e. The van der Waals surface area contributed by atoms with Crippen LogP contribution in [-0.4, -0.2) is 22.2 Å². The molecule has 0 aliphatic carbocycles. The Bertz CT molecular complexity index is 888. The van der Waals surface area contributed by atoms with Gasteiger partial charge in [-0.05, 0) is 42.8 Å². The molecule has 3 aromatic rings. The topological polar surface area (TPSA) is 83.8 Å². The van der Waals surface area contributed by atoms with E-state index in [0.29, 0.717) is 17.1 Å². The van der Waals surface area contributed by atoms with E-state index in [0.717, 1.165) is 5.56 Å². The maximum absolute atomic E-state index is 10.9. The first-order valence-corrected chi connectivity index (χ1v) is 7.83. The Kier molecular flexibility index (Phi) is 6.51. The summed E-state index contributed by atoms with van der Waals surface area (Å²) in [7, 11) is 0. The first-order chi connectivity index (χ1) is 12.5. The molecule has 0 unspecified atom stereocenters. The number of benzene rings is 3. The highest BCUT2D eigenvalue weighted by Crippen LogP contribution is 2.24. The minimum Gasteiger partial charge on any atom is -0.478 e. The van der Waals surface area contributed by atoms with E-state index in [2.05, 4.69) is 0 Å². The number of hydrogen-bond acceptors (Lipinski definition) is 3. The van der Waals surface area contributed by atoms with E-state index in [1.807, 2.05) is 24.3 Å². The van der Waals surface area contributed by atoms with Gasteiger partial charge in [-0.2, -0.15) is 0 Å². The second kappa shape index (κ2) is 9.03. The number of rotatable bonds is 4. The standard InChI is InChI=1S/C13H10O3.C8H8O2/c14-13(15)11-8-4-5-9-12(11)16-10-6-2-1-3-7-10;1-6-4-2-3-5-7(6)8(9)10/h1-9H,(H,14,15);2-5H,1H3,(H,9,10). The van der Waals surface area contributed by atoms with Crippen molar-refractivity contribution in [3.63, 3.8) is 0 Å². The number of carboxylic acids is 2. The van der Waals surface area contributed by atoms with Gasteiger partial charge >= 0.3 is 11.9 Å². The van der Waals surface area contributed by atoms with Crippen LogP contribution < -0.4 is 4.74 Å². The first-order valence-electron chi connectivity index (χ1n) is 7.83. The van der Waals surface area contributed by atoms with Crippen LogP contribution in [-0.2, 0) is 0 Å². The van der Waals surface area contributed by atoms with Crippen LogP contribution in [0.1, 0.15) is 26.3 Å². The Morgan fingerprint density at radius 1 is 0.692 bits per heavy atom. The molecule has 5 heteroatoms. The molecule has 0 aromatic heterocycles. The van der Waals surface area contributed by atoms with Crippen molar-refractivity contribution in [1.82, 2.24) is 0 Å². The number of carbonyl (C=O) groups is 2. The van der Waals surface area contributed by atoms with Gasteiger partial charge in [-0.3, -0.25) is 0 Å². The maximum atomic E-state index is 10.9. The number of aromatic carboxylic acids is 2. The number of para-hydroxylation sites is 2. The van der Waals surface area contributed by atoms with Crippen molar-refractivity contribution in [1.29, 1.82) is 0 Å². The fourth-order valence-electron chi connectivity index (χ4n) is 2.16. The van der Waals surface area contributed by atoms with E-state index in [9.17, 15) is 9.59 Å². The summed E-state index contributed by atoms with van der Waals surface area (Å²) in [6.07, 6.45) is 0. The normalized spacial score (nSPS) is 9.58. The molecule has 26 heavy (non-hydrogen) atoms. The van der Waals surface area contributed by atoms with E-state index < -0.39 is 11.9 Å². The molecular formula is C21H18O5. The van der Waals surface area contributed by atoms with Gasteiger partial charge in [0.05, 0.1) is 5.56 Å². The number of carboxylic acid groups (broad SMARTS) is 2. The van der Waals surface area contributed by atoms with Gasteiger partial charge in [0.15, 0.2) is 0 Å². The molecule has 0 saturated heterocycles. The molecule has 0 bridgehead atoms. The Hall–Kier alpha value is -3.60. The lowest BCUT2D eigenvalue weighted by Crippen LogP contribution is -1.99. The summed E-state index contributed by atoms with van der Waals surface area (Å²) in [5, 5.41) is 17.5. The van der Waals surface area contributed by atoms with E-state index in [-0.39, 0.29) is 5.56 Å². The van der Waals surface area contributed by atoms with Crippen molar-refractivity contribution < 1.29 is 24.5 Å². The Labute approximate surface area is 151 Å². The molecule has 5 nitrogen and oxygen atoms in total. The lowest BCUT2D eigenvalue weighted by molar-refractivity contribution is 0.0684. The van der Waals surface area contributed by atoms with Gasteiger partial charge in [-0.1, -0.05) is 48.5 Å². The van der Waals surface area contributed by atoms with Gasteiger partial charge in [0.25, 0.3) is 0 Å². The van der Waals surface area contributed by atoms with Crippen LogP contribution >= 0.6 is 0 Å². The van der Waals surface area contributed by atoms with Crippen LogP contribution in [0.25, 0.3) is 0 Å². The molecule has 0 amide bonds. The Balaban J connectivity index is 0.000000209. The molecule has 0 aliphatic heterocycles. The van der Waals surface area contributed by atoms with E-state index >= 15 is 0 Å². The lowest BCUT2D eigenvalue weighted by atomic mass is 10.1. The Morgan fingerprint density at radius 3 is 1.73 bits per heavy atom. The molecule has 3 rings (SSSR count). The molecule has 0 fully saturated rings. The van der Waals surface area contributed by atoms with Crippen LogP contribution in [0.4, 0.5) is 0 Å². The highest BCUT2D eigenvalue weighted by Gasteiger charge is 2.10.